The summed E-state index contributed by atoms with van der Waals surface area (Å²) in [5.74, 6) is -0.940. The normalized spacial score (nSPS) is 10.8. The number of para-hydroxylation sites is 1. The first-order valence-corrected chi connectivity index (χ1v) is 10.4. The molecule has 2 aromatic rings. The van der Waals surface area contributed by atoms with Crippen molar-refractivity contribution in [2.24, 2.45) is 0 Å². The second-order valence-corrected chi connectivity index (χ2v) is 8.31. The van der Waals surface area contributed by atoms with Crippen molar-refractivity contribution in [3.8, 4) is 0 Å². The van der Waals surface area contributed by atoms with E-state index in [4.69, 9.17) is 11.6 Å². The topological polar surface area (TPSA) is 95.6 Å². The van der Waals surface area contributed by atoms with Gasteiger partial charge in [0.15, 0.2) is 0 Å². The first-order chi connectivity index (χ1) is 13.1. The van der Waals surface area contributed by atoms with E-state index in [-0.39, 0.29) is 34.3 Å². The van der Waals surface area contributed by atoms with Gasteiger partial charge in [0.2, 0.25) is 10.0 Å². The van der Waals surface area contributed by atoms with Crippen molar-refractivity contribution in [1.82, 2.24) is 5.32 Å². The van der Waals surface area contributed by atoms with Crippen molar-refractivity contribution in [3.05, 3.63) is 71.3 Å². The maximum Gasteiger partial charge on any atom is 0.257 e. The van der Waals surface area contributed by atoms with Crippen LogP contribution in [-0.4, -0.2) is 40.1 Å². The zero-order chi connectivity index (χ0) is 20.9. The number of carbonyl (C=O) groups excluding carboxylic acids is 2. The van der Waals surface area contributed by atoms with E-state index in [0.29, 0.717) is 5.69 Å². The van der Waals surface area contributed by atoms with Crippen LogP contribution in [0, 0.1) is 0 Å². The molecule has 28 heavy (non-hydrogen) atoms. The first kappa shape index (κ1) is 21.5. The third kappa shape index (κ3) is 5.11. The van der Waals surface area contributed by atoms with E-state index in [1.54, 1.807) is 30.3 Å². The van der Waals surface area contributed by atoms with Gasteiger partial charge in [0.25, 0.3) is 11.8 Å². The number of nitrogens with zero attached hydrogens (tertiary/aromatic N) is 1. The lowest BCUT2D eigenvalue weighted by Crippen LogP contribution is -2.26. The van der Waals surface area contributed by atoms with Crippen molar-refractivity contribution < 1.29 is 18.0 Å². The minimum Gasteiger partial charge on any atom is -0.349 e. The average Bonchev–Trinajstić information content (AvgIpc) is 2.65. The van der Waals surface area contributed by atoms with Gasteiger partial charge in [0.05, 0.1) is 33.8 Å². The molecule has 0 fully saturated rings. The second kappa shape index (κ2) is 8.90. The lowest BCUT2D eigenvalue weighted by atomic mass is 10.1. The lowest BCUT2D eigenvalue weighted by molar-refractivity contribution is 0.0959. The molecule has 0 saturated carbocycles. The number of nitrogens with one attached hydrogen (secondary N) is 2. The summed E-state index contributed by atoms with van der Waals surface area (Å²) in [5.41, 5.74) is 0.940. The van der Waals surface area contributed by atoms with Gasteiger partial charge in [-0.25, -0.2) is 8.42 Å². The van der Waals surface area contributed by atoms with Crippen molar-refractivity contribution in [2.45, 2.75) is 0 Å². The van der Waals surface area contributed by atoms with Crippen LogP contribution in [0.15, 0.2) is 55.1 Å². The summed E-state index contributed by atoms with van der Waals surface area (Å²) >= 11 is 6.13. The Labute approximate surface area is 169 Å². The Morgan fingerprint density at radius 1 is 1.14 bits per heavy atom. The monoisotopic (exact) mass is 421 g/mol. The SMILES string of the molecule is C=CCNC(=O)c1ccccc1NC(=O)c1cc(N(C)S(C)(=O)=O)ccc1Cl. The molecular formula is C19H20ClN3O4S. The van der Waals surface area contributed by atoms with Gasteiger partial charge in [0, 0.05) is 13.6 Å². The molecule has 0 aliphatic rings. The molecule has 2 amide bonds. The van der Waals surface area contributed by atoms with Crippen molar-refractivity contribution >= 4 is 44.8 Å². The third-order valence-corrected chi connectivity index (χ3v) is 5.42. The van der Waals surface area contributed by atoms with Gasteiger partial charge < -0.3 is 10.6 Å². The first-order valence-electron chi connectivity index (χ1n) is 8.18. The summed E-state index contributed by atoms with van der Waals surface area (Å²) in [4.78, 5) is 25.0. The average molecular weight is 422 g/mol. The van der Waals surface area contributed by atoms with Gasteiger partial charge in [-0.3, -0.25) is 13.9 Å². The second-order valence-electron chi connectivity index (χ2n) is 5.89. The van der Waals surface area contributed by atoms with Gasteiger partial charge in [-0.05, 0) is 30.3 Å². The summed E-state index contributed by atoms with van der Waals surface area (Å²) in [7, 11) is -2.12. The molecule has 0 spiro atoms. The Balaban J connectivity index is 2.34. The molecule has 9 heteroatoms. The van der Waals surface area contributed by atoms with Crippen molar-refractivity contribution in [1.29, 1.82) is 0 Å². The maximum atomic E-state index is 12.7. The van der Waals surface area contributed by atoms with Crippen LogP contribution in [0.1, 0.15) is 20.7 Å². The molecule has 2 aromatic carbocycles. The molecule has 0 radical (unpaired) electrons. The number of rotatable bonds is 7. The van der Waals surface area contributed by atoms with Crippen LogP contribution in [0.3, 0.4) is 0 Å². The van der Waals surface area contributed by atoms with E-state index in [9.17, 15) is 18.0 Å². The number of amides is 2. The Bertz CT molecular complexity index is 1020. The Hall–Kier alpha value is -2.84. The minimum atomic E-state index is -3.50. The number of anilines is 2. The van der Waals surface area contributed by atoms with Crippen LogP contribution in [0.25, 0.3) is 0 Å². The van der Waals surface area contributed by atoms with E-state index in [0.717, 1.165) is 10.6 Å². The quantitative estimate of drug-likeness (QED) is 0.672. The van der Waals surface area contributed by atoms with Gasteiger partial charge in [0.1, 0.15) is 0 Å². The van der Waals surface area contributed by atoms with E-state index < -0.39 is 15.9 Å². The zero-order valence-electron chi connectivity index (χ0n) is 15.4. The summed E-state index contributed by atoms with van der Waals surface area (Å²) in [6, 6.07) is 10.8. The Kier molecular flexibility index (Phi) is 6.82. The van der Waals surface area contributed by atoms with Crippen molar-refractivity contribution in [3.63, 3.8) is 0 Å². The fraction of sp³-hybridized carbons (Fsp3) is 0.158. The standard InChI is InChI=1S/C19H20ClN3O4S/c1-4-11-21-18(24)14-7-5-6-8-17(14)22-19(25)15-12-13(9-10-16(15)20)23(2)28(3,26)27/h4-10,12H,1,11H2,2-3H3,(H,21,24)(H,22,25). The highest BCUT2D eigenvalue weighted by Crippen LogP contribution is 2.25. The molecule has 2 N–H and O–H groups in total. The number of carbonyl (C=O) groups is 2. The third-order valence-electron chi connectivity index (χ3n) is 3.88. The number of hydrogen-bond donors (Lipinski definition) is 2. The smallest absolute Gasteiger partial charge is 0.257 e. The Morgan fingerprint density at radius 3 is 2.46 bits per heavy atom. The van der Waals surface area contributed by atoms with Crippen LogP contribution in [-0.2, 0) is 10.0 Å². The zero-order valence-corrected chi connectivity index (χ0v) is 17.0. The molecule has 0 saturated heterocycles. The summed E-state index contributed by atoms with van der Waals surface area (Å²) < 4.78 is 24.5. The summed E-state index contributed by atoms with van der Waals surface area (Å²) in [6.07, 6.45) is 2.60. The maximum absolute atomic E-state index is 12.7. The van der Waals surface area contributed by atoms with Gasteiger partial charge in [-0.1, -0.05) is 29.8 Å². The van der Waals surface area contributed by atoms with E-state index in [1.165, 1.54) is 25.2 Å². The molecule has 0 unspecified atom stereocenters. The predicted molar refractivity (Wildman–Crippen MR) is 112 cm³/mol. The van der Waals surface area contributed by atoms with Crippen LogP contribution < -0.4 is 14.9 Å². The predicted octanol–water partition coefficient (Wildman–Crippen LogP) is 2.90. The molecular weight excluding hydrogens is 402 g/mol. The number of sulfonamides is 1. The molecule has 0 aromatic heterocycles. The van der Waals surface area contributed by atoms with Gasteiger partial charge in [-0.2, -0.15) is 0 Å². The lowest BCUT2D eigenvalue weighted by Gasteiger charge is -2.18. The molecule has 7 nitrogen and oxygen atoms in total. The van der Waals surface area contributed by atoms with E-state index in [1.807, 2.05) is 0 Å². The largest absolute Gasteiger partial charge is 0.349 e. The van der Waals surface area contributed by atoms with E-state index in [2.05, 4.69) is 17.2 Å². The molecule has 2 rings (SSSR count). The number of hydrogen-bond acceptors (Lipinski definition) is 4. The fourth-order valence-corrected chi connectivity index (χ4v) is 3.01. The van der Waals surface area contributed by atoms with Crippen LogP contribution >= 0.6 is 11.6 Å². The highest BCUT2D eigenvalue weighted by Gasteiger charge is 2.19. The molecule has 148 valence electrons. The molecule has 0 atom stereocenters. The van der Waals surface area contributed by atoms with Crippen LogP contribution in [0.2, 0.25) is 5.02 Å². The van der Waals surface area contributed by atoms with Crippen LogP contribution in [0.5, 0.6) is 0 Å². The van der Waals surface area contributed by atoms with Gasteiger partial charge in [-0.15, -0.1) is 6.58 Å². The summed E-state index contributed by atoms with van der Waals surface area (Å²) in [6.45, 7) is 3.82. The van der Waals surface area contributed by atoms with E-state index >= 15 is 0 Å². The van der Waals surface area contributed by atoms with Crippen molar-refractivity contribution in [2.75, 3.05) is 29.5 Å². The Morgan fingerprint density at radius 2 is 1.82 bits per heavy atom. The molecule has 0 heterocycles. The fourth-order valence-electron chi connectivity index (χ4n) is 2.31. The number of benzene rings is 2. The highest BCUT2D eigenvalue weighted by molar-refractivity contribution is 7.92. The van der Waals surface area contributed by atoms with Crippen LogP contribution in [0.4, 0.5) is 11.4 Å². The molecule has 0 bridgehead atoms. The summed E-state index contributed by atoms with van der Waals surface area (Å²) in [5, 5.41) is 5.45. The van der Waals surface area contributed by atoms with Gasteiger partial charge >= 0.3 is 0 Å². The molecule has 0 aliphatic carbocycles. The number of halogens is 1. The highest BCUT2D eigenvalue weighted by atomic mass is 35.5. The molecule has 0 aliphatic heterocycles. The minimum absolute atomic E-state index is 0.0796.